The first-order chi connectivity index (χ1) is 10.2. The number of hydrogen-bond acceptors (Lipinski definition) is 2. The van der Waals surface area contributed by atoms with Crippen molar-refractivity contribution >= 4 is 11.0 Å². The number of para-hydroxylation sites is 2. The Labute approximate surface area is 122 Å². The van der Waals surface area contributed by atoms with Crippen molar-refractivity contribution in [3.63, 3.8) is 0 Å². The van der Waals surface area contributed by atoms with E-state index in [1.54, 1.807) is 6.07 Å². The van der Waals surface area contributed by atoms with Gasteiger partial charge in [-0.3, -0.25) is 0 Å². The van der Waals surface area contributed by atoms with Gasteiger partial charge in [0.1, 0.15) is 17.4 Å². The van der Waals surface area contributed by atoms with E-state index >= 15 is 0 Å². The van der Waals surface area contributed by atoms with Crippen LogP contribution in [0.4, 0.5) is 4.39 Å². The second-order valence-electron chi connectivity index (χ2n) is 5.12. The molecule has 3 rings (SSSR count). The van der Waals surface area contributed by atoms with Gasteiger partial charge in [-0.1, -0.05) is 25.1 Å². The van der Waals surface area contributed by atoms with Crippen LogP contribution >= 0.6 is 0 Å². The summed E-state index contributed by atoms with van der Waals surface area (Å²) in [6.45, 7) is 2.97. The quantitative estimate of drug-likeness (QED) is 0.789. The molecular formula is C17H17FN2O. The Bertz CT molecular complexity index is 780. The second kappa shape index (κ2) is 5.56. The number of hydrogen-bond donors (Lipinski definition) is 1. The van der Waals surface area contributed by atoms with E-state index in [0.29, 0.717) is 12.0 Å². The highest BCUT2D eigenvalue weighted by Crippen LogP contribution is 2.22. The Balaban J connectivity index is 2.05. The molecule has 0 amide bonds. The summed E-state index contributed by atoms with van der Waals surface area (Å²) < 4.78 is 16.1. The van der Waals surface area contributed by atoms with Gasteiger partial charge in [-0.05, 0) is 30.2 Å². The maximum absolute atomic E-state index is 13.9. The van der Waals surface area contributed by atoms with Crippen LogP contribution in [0.5, 0.6) is 5.75 Å². The molecule has 0 fully saturated rings. The number of aryl methyl sites for hydroxylation is 1. The SMILES string of the molecule is CCCn1c(Cc2ccc(O)cc2F)nc2ccccc21. The molecule has 2 aromatic carbocycles. The van der Waals surface area contributed by atoms with Gasteiger partial charge in [0.2, 0.25) is 0 Å². The summed E-state index contributed by atoms with van der Waals surface area (Å²) in [6, 6.07) is 12.2. The molecule has 0 saturated carbocycles. The highest BCUT2D eigenvalue weighted by atomic mass is 19.1. The summed E-state index contributed by atoms with van der Waals surface area (Å²) in [5, 5.41) is 9.30. The number of aromatic hydroxyl groups is 1. The largest absolute Gasteiger partial charge is 0.508 e. The third-order valence-electron chi connectivity index (χ3n) is 3.57. The molecule has 1 N–H and O–H groups in total. The van der Waals surface area contributed by atoms with E-state index in [9.17, 15) is 9.50 Å². The Hall–Kier alpha value is -2.36. The minimum atomic E-state index is -0.398. The zero-order valence-electron chi connectivity index (χ0n) is 11.9. The van der Waals surface area contributed by atoms with Crippen LogP contribution in [-0.2, 0) is 13.0 Å². The van der Waals surface area contributed by atoms with Crippen molar-refractivity contribution in [2.24, 2.45) is 0 Å². The molecule has 0 spiro atoms. The topological polar surface area (TPSA) is 38.0 Å². The summed E-state index contributed by atoms with van der Waals surface area (Å²) >= 11 is 0. The fourth-order valence-electron chi connectivity index (χ4n) is 2.58. The lowest BCUT2D eigenvalue weighted by Gasteiger charge is -2.08. The number of nitrogens with zero attached hydrogens (tertiary/aromatic N) is 2. The molecule has 0 aliphatic rings. The van der Waals surface area contributed by atoms with Crippen LogP contribution in [0.15, 0.2) is 42.5 Å². The first-order valence-electron chi connectivity index (χ1n) is 7.10. The van der Waals surface area contributed by atoms with E-state index in [1.165, 1.54) is 6.07 Å². The molecule has 3 nitrogen and oxygen atoms in total. The van der Waals surface area contributed by atoms with Gasteiger partial charge in [0.05, 0.1) is 11.0 Å². The predicted octanol–water partition coefficient (Wildman–Crippen LogP) is 3.88. The van der Waals surface area contributed by atoms with Crippen molar-refractivity contribution in [1.82, 2.24) is 9.55 Å². The summed E-state index contributed by atoms with van der Waals surface area (Å²) in [5.41, 5.74) is 2.55. The van der Waals surface area contributed by atoms with E-state index in [4.69, 9.17) is 0 Å². The zero-order valence-corrected chi connectivity index (χ0v) is 11.9. The van der Waals surface area contributed by atoms with E-state index in [0.717, 1.165) is 35.9 Å². The van der Waals surface area contributed by atoms with Crippen LogP contribution < -0.4 is 0 Å². The molecule has 0 saturated heterocycles. The maximum atomic E-state index is 13.9. The second-order valence-corrected chi connectivity index (χ2v) is 5.12. The number of imidazole rings is 1. The average Bonchev–Trinajstić information content (AvgIpc) is 2.81. The van der Waals surface area contributed by atoms with Gasteiger partial charge in [-0.2, -0.15) is 0 Å². The van der Waals surface area contributed by atoms with Crippen LogP contribution in [0.25, 0.3) is 11.0 Å². The molecule has 4 heteroatoms. The fourth-order valence-corrected chi connectivity index (χ4v) is 2.58. The highest BCUT2D eigenvalue weighted by molar-refractivity contribution is 5.76. The molecule has 0 unspecified atom stereocenters. The van der Waals surface area contributed by atoms with Crippen LogP contribution in [0.2, 0.25) is 0 Å². The smallest absolute Gasteiger partial charge is 0.130 e. The first-order valence-corrected chi connectivity index (χ1v) is 7.10. The highest BCUT2D eigenvalue weighted by Gasteiger charge is 2.12. The number of phenols is 1. The van der Waals surface area contributed by atoms with Crippen LogP contribution in [0.1, 0.15) is 24.7 Å². The van der Waals surface area contributed by atoms with Gasteiger partial charge in [0, 0.05) is 19.0 Å². The Kier molecular flexibility index (Phi) is 3.60. The third kappa shape index (κ3) is 2.61. The predicted molar refractivity (Wildman–Crippen MR) is 80.9 cm³/mol. The molecular weight excluding hydrogens is 267 g/mol. The lowest BCUT2D eigenvalue weighted by molar-refractivity contribution is 0.468. The third-order valence-corrected chi connectivity index (χ3v) is 3.57. The normalized spacial score (nSPS) is 11.1. The molecule has 0 atom stereocenters. The van der Waals surface area contributed by atoms with Gasteiger partial charge in [-0.25, -0.2) is 9.37 Å². The van der Waals surface area contributed by atoms with E-state index < -0.39 is 5.82 Å². The Morgan fingerprint density at radius 3 is 2.76 bits per heavy atom. The van der Waals surface area contributed by atoms with Gasteiger partial charge >= 0.3 is 0 Å². The van der Waals surface area contributed by atoms with Crippen molar-refractivity contribution in [1.29, 1.82) is 0 Å². The molecule has 3 aromatic rings. The number of phenolic OH excluding ortho intramolecular Hbond substituents is 1. The van der Waals surface area contributed by atoms with Crippen molar-refractivity contribution < 1.29 is 9.50 Å². The minimum absolute atomic E-state index is 0.0571. The summed E-state index contributed by atoms with van der Waals surface area (Å²) in [4.78, 5) is 4.62. The van der Waals surface area contributed by atoms with Gasteiger partial charge in [-0.15, -0.1) is 0 Å². The molecule has 0 bridgehead atoms. The summed E-state index contributed by atoms with van der Waals surface area (Å²) in [6.07, 6.45) is 1.41. The van der Waals surface area contributed by atoms with Gasteiger partial charge in [0.15, 0.2) is 0 Å². The van der Waals surface area contributed by atoms with Crippen molar-refractivity contribution in [2.45, 2.75) is 26.3 Å². The van der Waals surface area contributed by atoms with Gasteiger partial charge in [0.25, 0.3) is 0 Å². The maximum Gasteiger partial charge on any atom is 0.130 e. The first kappa shape index (κ1) is 13.6. The fraction of sp³-hybridized carbons (Fsp3) is 0.235. The lowest BCUT2D eigenvalue weighted by Crippen LogP contribution is -2.05. The molecule has 1 aromatic heterocycles. The molecule has 0 radical (unpaired) electrons. The van der Waals surface area contributed by atoms with E-state index in [2.05, 4.69) is 16.5 Å². The molecule has 108 valence electrons. The van der Waals surface area contributed by atoms with Crippen LogP contribution in [-0.4, -0.2) is 14.7 Å². The summed E-state index contributed by atoms with van der Waals surface area (Å²) in [5.74, 6) is 0.394. The molecule has 0 aliphatic heterocycles. The molecule has 0 aliphatic carbocycles. The summed E-state index contributed by atoms with van der Waals surface area (Å²) in [7, 11) is 0. The van der Waals surface area contributed by atoms with E-state index in [1.807, 2.05) is 24.3 Å². The number of fused-ring (bicyclic) bond motifs is 1. The van der Waals surface area contributed by atoms with Crippen LogP contribution in [0, 0.1) is 5.82 Å². The monoisotopic (exact) mass is 284 g/mol. The number of aromatic nitrogens is 2. The van der Waals surface area contributed by atoms with E-state index in [-0.39, 0.29) is 5.75 Å². The number of halogens is 1. The Morgan fingerprint density at radius 2 is 2.00 bits per heavy atom. The number of rotatable bonds is 4. The Morgan fingerprint density at radius 1 is 1.19 bits per heavy atom. The van der Waals surface area contributed by atoms with Gasteiger partial charge < -0.3 is 9.67 Å². The molecule has 1 heterocycles. The van der Waals surface area contributed by atoms with Crippen molar-refractivity contribution in [3.05, 3.63) is 59.7 Å². The average molecular weight is 284 g/mol. The van der Waals surface area contributed by atoms with Crippen LogP contribution in [0.3, 0.4) is 0 Å². The zero-order chi connectivity index (χ0) is 14.8. The van der Waals surface area contributed by atoms with Crippen molar-refractivity contribution in [3.8, 4) is 5.75 Å². The molecule has 21 heavy (non-hydrogen) atoms. The minimum Gasteiger partial charge on any atom is -0.508 e. The van der Waals surface area contributed by atoms with Crippen molar-refractivity contribution in [2.75, 3.05) is 0 Å². The standard InChI is InChI=1S/C17H17FN2O/c1-2-9-20-16-6-4-3-5-15(16)19-17(20)10-12-7-8-13(21)11-14(12)18/h3-8,11,21H,2,9-10H2,1H3. The lowest BCUT2D eigenvalue weighted by atomic mass is 10.1. The number of benzene rings is 2.